The van der Waals surface area contributed by atoms with Crippen molar-refractivity contribution in [3.8, 4) is 0 Å². The van der Waals surface area contributed by atoms with E-state index in [1.54, 1.807) is 0 Å². The monoisotopic (exact) mass is 342 g/mol. The SMILES string of the molecule is CN(Cc1ccccc1)C1COC2(C1)CN(C(=O)CC1CCCC1)C2. The van der Waals surface area contributed by atoms with E-state index in [0.717, 1.165) is 39.1 Å². The molecule has 1 saturated carbocycles. The number of likely N-dealkylation sites (N-methyl/N-ethyl adjacent to an activating group) is 1. The van der Waals surface area contributed by atoms with Gasteiger partial charge in [0.15, 0.2) is 0 Å². The third-order valence-corrected chi connectivity index (χ3v) is 6.34. The summed E-state index contributed by atoms with van der Waals surface area (Å²) in [6.45, 7) is 3.34. The van der Waals surface area contributed by atoms with Crippen molar-refractivity contribution in [1.82, 2.24) is 9.80 Å². The van der Waals surface area contributed by atoms with Crippen molar-refractivity contribution < 1.29 is 9.53 Å². The zero-order valence-corrected chi connectivity index (χ0v) is 15.3. The molecule has 1 aromatic rings. The average Bonchev–Trinajstić information content (AvgIpc) is 3.23. The first-order valence-electron chi connectivity index (χ1n) is 9.79. The predicted molar refractivity (Wildman–Crippen MR) is 98.2 cm³/mol. The summed E-state index contributed by atoms with van der Waals surface area (Å²) in [6.07, 6.45) is 6.90. The number of carbonyl (C=O) groups excluding carboxylic acids is 1. The van der Waals surface area contributed by atoms with Crippen LogP contribution in [0, 0.1) is 5.92 Å². The molecular weight excluding hydrogens is 312 g/mol. The number of likely N-dealkylation sites (tertiary alicyclic amines) is 1. The molecule has 4 heteroatoms. The minimum absolute atomic E-state index is 0.0685. The molecule has 1 aliphatic carbocycles. The third kappa shape index (κ3) is 3.75. The fourth-order valence-electron chi connectivity index (χ4n) is 4.74. The highest BCUT2D eigenvalue weighted by atomic mass is 16.5. The average molecular weight is 342 g/mol. The van der Waals surface area contributed by atoms with E-state index in [0.29, 0.717) is 17.9 Å². The Labute approximate surface area is 151 Å². The molecule has 3 aliphatic rings. The number of rotatable bonds is 5. The Morgan fingerprint density at radius 1 is 1.24 bits per heavy atom. The predicted octanol–water partition coefficient (Wildman–Crippen LogP) is 3.07. The van der Waals surface area contributed by atoms with Crippen molar-refractivity contribution in [1.29, 1.82) is 0 Å². The van der Waals surface area contributed by atoms with Gasteiger partial charge in [0.25, 0.3) is 0 Å². The van der Waals surface area contributed by atoms with Crippen LogP contribution >= 0.6 is 0 Å². The summed E-state index contributed by atoms with van der Waals surface area (Å²) in [7, 11) is 2.18. The van der Waals surface area contributed by atoms with Gasteiger partial charge in [0.1, 0.15) is 5.60 Å². The number of ether oxygens (including phenoxy) is 1. The van der Waals surface area contributed by atoms with Crippen molar-refractivity contribution in [3.05, 3.63) is 35.9 Å². The van der Waals surface area contributed by atoms with E-state index in [2.05, 4.69) is 42.3 Å². The molecule has 1 unspecified atom stereocenters. The Morgan fingerprint density at radius 2 is 1.96 bits per heavy atom. The van der Waals surface area contributed by atoms with Gasteiger partial charge in [-0.25, -0.2) is 0 Å². The van der Waals surface area contributed by atoms with Crippen LogP contribution in [0.3, 0.4) is 0 Å². The van der Waals surface area contributed by atoms with Crippen LogP contribution in [0.25, 0.3) is 0 Å². The Hall–Kier alpha value is -1.39. The van der Waals surface area contributed by atoms with Gasteiger partial charge in [-0.2, -0.15) is 0 Å². The second-order valence-electron chi connectivity index (χ2n) is 8.36. The van der Waals surface area contributed by atoms with Crippen LogP contribution in [0.2, 0.25) is 0 Å². The van der Waals surface area contributed by atoms with E-state index in [9.17, 15) is 4.79 Å². The molecule has 2 saturated heterocycles. The van der Waals surface area contributed by atoms with Crippen LogP contribution < -0.4 is 0 Å². The highest BCUT2D eigenvalue weighted by molar-refractivity contribution is 5.77. The topological polar surface area (TPSA) is 32.8 Å². The Balaban J connectivity index is 1.25. The molecule has 1 amide bonds. The lowest BCUT2D eigenvalue weighted by Crippen LogP contribution is -2.63. The number of amides is 1. The zero-order valence-electron chi connectivity index (χ0n) is 15.3. The van der Waals surface area contributed by atoms with Crippen LogP contribution in [0.1, 0.15) is 44.1 Å². The molecule has 2 aliphatic heterocycles. The van der Waals surface area contributed by atoms with Gasteiger partial charge in [-0.1, -0.05) is 43.2 Å². The summed E-state index contributed by atoms with van der Waals surface area (Å²) < 4.78 is 6.16. The maximum atomic E-state index is 12.4. The van der Waals surface area contributed by atoms with Crippen molar-refractivity contribution in [2.75, 3.05) is 26.7 Å². The minimum atomic E-state index is -0.0685. The van der Waals surface area contributed by atoms with Crippen molar-refractivity contribution in [3.63, 3.8) is 0 Å². The second-order valence-corrected chi connectivity index (χ2v) is 8.36. The molecule has 4 nitrogen and oxygen atoms in total. The standard InChI is InChI=1S/C21H30N2O2/c1-22(13-18-9-3-2-4-10-18)19-12-21(25-14-19)15-23(16-21)20(24)11-17-7-5-6-8-17/h2-4,9-10,17,19H,5-8,11-16H2,1H3. The number of carbonyl (C=O) groups is 1. The molecule has 0 aromatic heterocycles. The largest absolute Gasteiger partial charge is 0.370 e. The molecule has 3 fully saturated rings. The Kier molecular flexibility index (Phi) is 4.83. The smallest absolute Gasteiger partial charge is 0.223 e. The van der Waals surface area contributed by atoms with Crippen LogP contribution in [0.15, 0.2) is 30.3 Å². The quantitative estimate of drug-likeness (QED) is 0.824. The second kappa shape index (κ2) is 7.08. The van der Waals surface area contributed by atoms with E-state index < -0.39 is 0 Å². The molecular formula is C21H30N2O2. The number of nitrogens with zero attached hydrogens (tertiary/aromatic N) is 2. The van der Waals surface area contributed by atoms with Crippen LogP contribution in [0.5, 0.6) is 0 Å². The maximum Gasteiger partial charge on any atom is 0.223 e. The molecule has 0 N–H and O–H groups in total. The van der Waals surface area contributed by atoms with Gasteiger partial charge in [0.05, 0.1) is 19.7 Å². The summed E-state index contributed by atoms with van der Waals surface area (Å²) in [5.41, 5.74) is 1.27. The van der Waals surface area contributed by atoms with Crippen molar-refractivity contribution >= 4 is 5.91 Å². The molecule has 136 valence electrons. The van der Waals surface area contributed by atoms with Crippen molar-refractivity contribution in [2.45, 2.75) is 56.7 Å². The lowest BCUT2D eigenvalue weighted by Gasteiger charge is -2.47. The van der Waals surface area contributed by atoms with E-state index in [4.69, 9.17) is 4.74 Å². The van der Waals surface area contributed by atoms with Gasteiger partial charge in [0, 0.05) is 19.0 Å². The van der Waals surface area contributed by atoms with Crippen LogP contribution in [-0.2, 0) is 16.1 Å². The summed E-state index contributed by atoms with van der Waals surface area (Å²) >= 11 is 0. The van der Waals surface area contributed by atoms with E-state index >= 15 is 0 Å². The van der Waals surface area contributed by atoms with Gasteiger partial charge in [-0.15, -0.1) is 0 Å². The molecule has 1 atom stereocenters. The Bertz CT molecular complexity index is 591. The molecule has 0 radical (unpaired) electrons. The highest BCUT2D eigenvalue weighted by Crippen LogP contribution is 2.38. The van der Waals surface area contributed by atoms with Gasteiger partial charge in [-0.3, -0.25) is 9.69 Å². The molecule has 25 heavy (non-hydrogen) atoms. The zero-order chi connectivity index (χ0) is 17.3. The van der Waals surface area contributed by atoms with E-state index in [-0.39, 0.29) is 5.60 Å². The summed E-state index contributed by atoms with van der Waals surface area (Å²) in [6, 6.07) is 11.0. The first kappa shape index (κ1) is 17.0. The molecule has 1 spiro atoms. The minimum Gasteiger partial charge on any atom is -0.370 e. The van der Waals surface area contributed by atoms with Crippen LogP contribution in [-0.4, -0.2) is 54.1 Å². The van der Waals surface area contributed by atoms with E-state index in [1.807, 2.05) is 4.90 Å². The first-order chi connectivity index (χ1) is 12.1. The van der Waals surface area contributed by atoms with Gasteiger partial charge >= 0.3 is 0 Å². The molecule has 2 heterocycles. The third-order valence-electron chi connectivity index (χ3n) is 6.34. The molecule has 0 bridgehead atoms. The Morgan fingerprint density at radius 3 is 2.68 bits per heavy atom. The summed E-state index contributed by atoms with van der Waals surface area (Å²) in [5.74, 6) is 0.987. The highest BCUT2D eigenvalue weighted by Gasteiger charge is 2.51. The molecule has 4 rings (SSSR count). The normalized spacial score (nSPS) is 25.7. The number of benzene rings is 1. The summed E-state index contributed by atoms with van der Waals surface area (Å²) in [5, 5.41) is 0. The van der Waals surface area contributed by atoms with Gasteiger partial charge in [-0.05, 0) is 37.8 Å². The fourth-order valence-corrected chi connectivity index (χ4v) is 4.74. The fraction of sp³-hybridized carbons (Fsp3) is 0.667. The van der Waals surface area contributed by atoms with Crippen molar-refractivity contribution in [2.24, 2.45) is 5.92 Å². The summed E-state index contributed by atoms with van der Waals surface area (Å²) in [4.78, 5) is 16.9. The van der Waals surface area contributed by atoms with Gasteiger partial charge < -0.3 is 9.64 Å². The molecule has 1 aromatic carbocycles. The maximum absolute atomic E-state index is 12.4. The lowest BCUT2D eigenvalue weighted by atomic mass is 9.88. The first-order valence-corrected chi connectivity index (χ1v) is 9.79. The van der Waals surface area contributed by atoms with Crippen LogP contribution in [0.4, 0.5) is 0 Å². The van der Waals surface area contributed by atoms with Gasteiger partial charge in [0.2, 0.25) is 5.91 Å². The number of hydrogen-bond acceptors (Lipinski definition) is 3. The number of hydrogen-bond donors (Lipinski definition) is 0. The van der Waals surface area contributed by atoms with E-state index in [1.165, 1.54) is 31.2 Å². The lowest BCUT2D eigenvalue weighted by molar-refractivity contribution is -0.158.